The molecule has 0 amide bonds. The van der Waals surface area contributed by atoms with Crippen LogP contribution in [0.1, 0.15) is 11.3 Å². The topological polar surface area (TPSA) is 30.7 Å². The largest absolute Gasteiger partial charge is 0.152 e. The van der Waals surface area contributed by atoms with E-state index in [0.29, 0.717) is 0 Å². The van der Waals surface area contributed by atoms with Gasteiger partial charge in [0.15, 0.2) is 0 Å². The van der Waals surface area contributed by atoms with Crippen LogP contribution in [0.25, 0.3) is 0 Å². The summed E-state index contributed by atoms with van der Waals surface area (Å²) in [6.45, 7) is 0. The van der Waals surface area contributed by atoms with Gasteiger partial charge in [-0.1, -0.05) is 30.3 Å². The van der Waals surface area contributed by atoms with Crippen molar-refractivity contribution in [3.8, 4) is 0 Å². The number of nitrogens with zero attached hydrogens (tertiary/aromatic N) is 3. The van der Waals surface area contributed by atoms with Crippen LogP contribution in [0.2, 0.25) is 0 Å². The maximum Gasteiger partial charge on any atom is 0.111 e. The molecule has 3 nitrogen and oxygen atoms in total. The van der Waals surface area contributed by atoms with Crippen molar-refractivity contribution in [3.63, 3.8) is 0 Å². The number of rotatable bonds is 2. The van der Waals surface area contributed by atoms with Gasteiger partial charge in [-0.15, -0.1) is 8.11 Å². The third-order valence-electron chi connectivity index (χ3n) is 1.74. The lowest BCUT2D eigenvalue weighted by Gasteiger charge is -1.94. The van der Waals surface area contributed by atoms with Gasteiger partial charge in [-0.05, 0) is 5.56 Å². The summed E-state index contributed by atoms with van der Waals surface area (Å²) >= 11 is 2.04. The maximum atomic E-state index is 4.20. The minimum Gasteiger partial charge on any atom is -0.152 e. The third kappa shape index (κ3) is 2.27. The fraction of sp³-hybridized carbons (Fsp3) is 0.111. The summed E-state index contributed by atoms with van der Waals surface area (Å²) in [6.07, 6.45) is 2.64. The molecule has 0 aliphatic rings. The molecule has 0 saturated heterocycles. The molecule has 13 heavy (non-hydrogen) atoms. The Labute approximate surface area is 90.3 Å². The van der Waals surface area contributed by atoms with E-state index in [9.17, 15) is 0 Å². The zero-order valence-corrected chi connectivity index (χ0v) is 9.05. The lowest BCUT2D eigenvalue weighted by atomic mass is 10.1. The molecule has 0 fully saturated rings. The third-order valence-corrected chi connectivity index (χ3v) is 2.21. The summed E-state index contributed by atoms with van der Waals surface area (Å²) in [6, 6.07) is 10.3. The predicted octanol–water partition coefficient (Wildman–Crippen LogP) is 2.07. The van der Waals surface area contributed by atoms with Gasteiger partial charge in [0.2, 0.25) is 0 Å². The molecule has 0 spiro atoms. The molecule has 0 aliphatic carbocycles. The van der Waals surface area contributed by atoms with E-state index in [0.717, 1.165) is 12.1 Å². The fourth-order valence-electron chi connectivity index (χ4n) is 1.16. The number of halogens is 1. The molecule has 0 radical (unpaired) electrons. The lowest BCUT2D eigenvalue weighted by molar-refractivity contribution is 0.885. The molecule has 0 aliphatic heterocycles. The Morgan fingerprint density at radius 1 is 1.23 bits per heavy atom. The van der Waals surface area contributed by atoms with Crippen molar-refractivity contribution in [2.24, 2.45) is 0 Å². The van der Waals surface area contributed by atoms with Crippen LogP contribution in [0.15, 0.2) is 36.5 Å². The zero-order chi connectivity index (χ0) is 9.10. The van der Waals surface area contributed by atoms with Crippen LogP contribution in [0.5, 0.6) is 0 Å². The van der Waals surface area contributed by atoms with Gasteiger partial charge in [0, 0.05) is 6.42 Å². The predicted molar refractivity (Wildman–Crippen MR) is 58.7 cm³/mol. The lowest BCUT2D eigenvalue weighted by Crippen LogP contribution is -1.89. The Morgan fingerprint density at radius 2 is 2.00 bits per heavy atom. The van der Waals surface area contributed by atoms with E-state index < -0.39 is 0 Å². The first kappa shape index (κ1) is 8.68. The Morgan fingerprint density at radius 3 is 2.62 bits per heavy atom. The van der Waals surface area contributed by atoms with Crippen LogP contribution in [-0.2, 0) is 6.42 Å². The molecule has 1 aromatic heterocycles. The van der Waals surface area contributed by atoms with Gasteiger partial charge < -0.3 is 0 Å². The van der Waals surface area contributed by atoms with E-state index in [4.69, 9.17) is 0 Å². The second-order valence-electron chi connectivity index (χ2n) is 2.74. The molecule has 0 N–H and O–H groups in total. The van der Waals surface area contributed by atoms with E-state index in [2.05, 4.69) is 22.3 Å². The molecule has 2 rings (SSSR count). The highest BCUT2D eigenvalue weighted by Gasteiger charge is 1.99. The van der Waals surface area contributed by atoms with Crippen LogP contribution in [0.3, 0.4) is 0 Å². The van der Waals surface area contributed by atoms with Crippen LogP contribution >= 0.6 is 22.9 Å². The molecule has 0 atom stereocenters. The van der Waals surface area contributed by atoms with Gasteiger partial charge in [-0.25, -0.2) is 0 Å². The minimum absolute atomic E-state index is 0.851. The smallest absolute Gasteiger partial charge is 0.111 e. The molecule has 1 aromatic carbocycles. The average Bonchev–Trinajstić information content (AvgIpc) is 2.53. The van der Waals surface area contributed by atoms with Crippen molar-refractivity contribution in [2.45, 2.75) is 6.42 Å². The summed E-state index contributed by atoms with van der Waals surface area (Å²) in [5, 5.41) is 8.20. The SMILES string of the molecule is In1ncc(Cc2ccccc2)n1. The van der Waals surface area contributed by atoms with Crippen LogP contribution in [-0.4, -0.2) is 13.2 Å². The second kappa shape index (κ2) is 3.87. The normalized spacial score (nSPS) is 10.2. The second-order valence-corrected chi connectivity index (χ2v) is 3.60. The molecule has 66 valence electrons. The summed E-state index contributed by atoms with van der Waals surface area (Å²) in [4.78, 5) is 0. The van der Waals surface area contributed by atoms with E-state index in [1.807, 2.05) is 41.1 Å². The summed E-state index contributed by atoms with van der Waals surface area (Å²) in [7, 11) is 0. The summed E-state index contributed by atoms with van der Waals surface area (Å²) in [5.74, 6) is 0. The van der Waals surface area contributed by atoms with Crippen molar-refractivity contribution in [1.29, 1.82) is 0 Å². The first-order valence-corrected chi connectivity index (χ1v) is 4.92. The Hall–Kier alpha value is -0.910. The van der Waals surface area contributed by atoms with Gasteiger partial charge >= 0.3 is 0 Å². The van der Waals surface area contributed by atoms with Crippen molar-refractivity contribution in [1.82, 2.24) is 13.2 Å². The first-order valence-electron chi connectivity index (χ1n) is 3.96. The highest BCUT2D eigenvalue weighted by Crippen LogP contribution is 2.05. The molecular weight excluding hydrogens is 277 g/mol. The number of hydrogen-bond acceptors (Lipinski definition) is 2. The van der Waals surface area contributed by atoms with Gasteiger partial charge in [0.05, 0.1) is 11.9 Å². The maximum absolute atomic E-state index is 4.20. The Kier molecular flexibility index (Phi) is 2.58. The van der Waals surface area contributed by atoms with Gasteiger partial charge in [0.25, 0.3) is 0 Å². The van der Waals surface area contributed by atoms with E-state index in [1.165, 1.54) is 5.56 Å². The summed E-state index contributed by atoms with van der Waals surface area (Å²) < 4.78 is 1.55. The van der Waals surface area contributed by atoms with Gasteiger partial charge in [-0.3, -0.25) is 0 Å². The highest BCUT2D eigenvalue weighted by molar-refractivity contribution is 14.1. The van der Waals surface area contributed by atoms with Crippen molar-refractivity contribution in [2.75, 3.05) is 0 Å². The van der Waals surface area contributed by atoms with E-state index in [-0.39, 0.29) is 0 Å². The Balaban J connectivity index is 2.15. The standard InChI is InChI=1S/C9H8IN3/c10-13-11-7-9(12-13)6-8-4-2-1-3-5-8/h1-5,7H,6H2. The van der Waals surface area contributed by atoms with E-state index >= 15 is 0 Å². The molecule has 0 saturated carbocycles. The molecule has 0 unspecified atom stereocenters. The highest BCUT2D eigenvalue weighted by atomic mass is 127. The minimum atomic E-state index is 0.851. The zero-order valence-electron chi connectivity index (χ0n) is 6.89. The molecule has 2 aromatic rings. The van der Waals surface area contributed by atoms with Crippen LogP contribution < -0.4 is 0 Å². The van der Waals surface area contributed by atoms with E-state index in [1.54, 1.807) is 9.21 Å². The molecule has 0 bridgehead atoms. The number of hydrogen-bond donors (Lipinski definition) is 0. The van der Waals surface area contributed by atoms with Crippen LogP contribution in [0.4, 0.5) is 0 Å². The first-order chi connectivity index (χ1) is 6.34. The quantitative estimate of drug-likeness (QED) is 0.791. The average molecular weight is 285 g/mol. The number of benzene rings is 1. The monoisotopic (exact) mass is 285 g/mol. The molecule has 1 heterocycles. The van der Waals surface area contributed by atoms with Crippen molar-refractivity contribution < 1.29 is 0 Å². The van der Waals surface area contributed by atoms with Crippen LogP contribution in [0, 0.1) is 0 Å². The van der Waals surface area contributed by atoms with Crippen molar-refractivity contribution >= 4 is 22.9 Å². The molecule has 4 heteroatoms. The summed E-state index contributed by atoms with van der Waals surface area (Å²) in [5.41, 5.74) is 2.26. The fourth-order valence-corrected chi connectivity index (χ4v) is 1.56. The van der Waals surface area contributed by atoms with Gasteiger partial charge in [-0.2, -0.15) is 5.10 Å². The van der Waals surface area contributed by atoms with Crippen molar-refractivity contribution in [3.05, 3.63) is 47.8 Å². The number of aromatic nitrogens is 3. The Bertz CT molecular complexity index is 383. The van der Waals surface area contributed by atoms with Gasteiger partial charge in [0.1, 0.15) is 22.9 Å². The molecular formula is C9H8IN3.